The van der Waals surface area contributed by atoms with E-state index in [-0.39, 0.29) is 23.2 Å². The monoisotopic (exact) mass is 774 g/mol. The van der Waals surface area contributed by atoms with Crippen LogP contribution in [0.15, 0.2) is 49.1 Å². The van der Waals surface area contributed by atoms with Crippen molar-refractivity contribution in [2.24, 2.45) is 23.7 Å². The van der Waals surface area contributed by atoms with E-state index in [0.29, 0.717) is 60.2 Å². The number of carboxylic acids is 2. The van der Waals surface area contributed by atoms with Crippen molar-refractivity contribution in [3.8, 4) is 0 Å². The second-order valence-corrected chi connectivity index (χ2v) is 15.2. The number of rotatable bonds is 8. The molecule has 14 heteroatoms. The smallest absolute Gasteiger partial charge is 0.306 e. The van der Waals surface area contributed by atoms with Gasteiger partial charge in [0.1, 0.15) is 0 Å². The number of halogens is 4. The minimum Gasteiger partial charge on any atom is -0.481 e. The highest BCUT2D eigenvalue weighted by Gasteiger charge is 2.33. The fraction of sp³-hybridized carbons (Fsp3) is 0.400. The van der Waals surface area contributed by atoms with Crippen LogP contribution in [0.1, 0.15) is 96.9 Å². The SMILES string of the molecule is O=C(O)[C@@H]1CCCC[C@@H]1Cc1nc(C2=CCc3ncc(Cl)cc32)ncc1F.O=C(O)[C@H]1CCCC[C@H]1Cc1nc(C2=CCc3ncc(Cl)cc32)ncc1F. The average Bonchev–Trinajstić information content (AvgIpc) is 3.78. The Hall–Kier alpha value is -4.68. The van der Waals surface area contributed by atoms with Gasteiger partial charge < -0.3 is 10.2 Å². The van der Waals surface area contributed by atoms with Gasteiger partial charge in [0, 0.05) is 47.5 Å². The van der Waals surface area contributed by atoms with Gasteiger partial charge in [-0.2, -0.15) is 0 Å². The van der Waals surface area contributed by atoms with Crippen LogP contribution >= 0.6 is 23.2 Å². The summed E-state index contributed by atoms with van der Waals surface area (Å²) >= 11 is 12.1. The molecule has 2 fully saturated rings. The van der Waals surface area contributed by atoms with Crippen LogP contribution in [0.4, 0.5) is 8.78 Å². The molecule has 0 spiro atoms. The van der Waals surface area contributed by atoms with Gasteiger partial charge in [-0.3, -0.25) is 19.6 Å². The van der Waals surface area contributed by atoms with Crippen molar-refractivity contribution < 1.29 is 28.6 Å². The summed E-state index contributed by atoms with van der Waals surface area (Å²) < 4.78 is 28.7. The normalized spacial score (nSPS) is 21.6. The van der Waals surface area contributed by atoms with Crippen LogP contribution in [0, 0.1) is 35.3 Å². The lowest BCUT2D eigenvalue weighted by Crippen LogP contribution is -2.29. The molecule has 4 aromatic heterocycles. The molecular weight excluding hydrogens is 737 g/mol. The highest BCUT2D eigenvalue weighted by atomic mass is 35.5. The first-order valence-electron chi connectivity index (χ1n) is 18.2. The topological polar surface area (TPSA) is 152 Å². The number of allylic oxidation sites excluding steroid dienone is 2. The molecule has 0 amide bonds. The summed E-state index contributed by atoms with van der Waals surface area (Å²) in [7, 11) is 0. The van der Waals surface area contributed by atoms with Crippen molar-refractivity contribution in [3.05, 3.63) is 116 Å². The van der Waals surface area contributed by atoms with Gasteiger partial charge in [0.2, 0.25) is 0 Å². The first kappa shape index (κ1) is 37.6. The Morgan fingerprint density at radius 3 is 1.44 bits per heavy atom. The van der Waals surface area contributed by atoms with Gasteiger partial charge in [-0.15, -0.1) is 0 Å². The van der Waals surface area contributed by atoms with Crippen LogP contribution in [0.25, 0.3) is 11.1 Å². The number of pyridine rings is 2. The fourth-order valence-corrected chi connectivity index (χ4v) is 8.49. The van der Waals surface area contributed by atoms with Crippen LogP contribution < -0.4 is 0 Å². The van der Waals surface area contributed by atoms with E-state index >= 15 is 0 Å². The molecule has 2 saturated carbocycles. The van der Waals surface area contributed by atoms with Crippen molar-refractivity contribution in [1.29, 1.82) is 0 Å². The number of nitrogens with zero attached hydrogens (tertiary/aromatic N) is 6. The summed E-state index contributed by atoms with van der Waals surface area (Å²) in [6.07, 6.45) is 18.0. The van der Waals surface area contributed by atoms with Crippen molar-refractivity contribution in [2.45, 2.75) is 77.0 Å². The van der Waals surface area contributed by atoms with Crippen molar-refractivity contribution >= 4 is 46.3 Å². The third-order valence-electron chi connectivity index (χ3n) is 10.9. The second kappa shape index (κ2) is 16.4. The first-order chi connectivity index (χ1) is 26.0. The molecule has 0 bridgehead atoms. The Bertz CT molecular complexity index is 2010. The van der Waals surface area contributed by atoms with Crippen LogP contribution in [-0.2, 0) is 35.3 Å². The molecule has 0 radical (unpaired) electrons. The van der Waals surface area contributed by atoms with E-state index in [9.17, 15) is 28.6 Å². The Balaban J connectivity index is 0.000000167. The summed E-state index contributed by atoms with van der Waals surface area (Å²) in [5.41, 5.74) is 5.65. The van der Waals surface area contributed by atoms with Crippen molar-refractivity contribution in [2.75, 3.05) is 0 Å². The number of aromatic nitrogens is 6. The predicted octanol–water partition coefficient (Wildman–Crippen LogP) is 8.17. The molecule has 4 heterocycles. The minimum absolute atomic E-state index is 0.102. The van der Waals surface area contributed by atoms with Gasteiger partial charge in [0.25, 0.3) is 0 Å². The van der Waals surface area contributed by atoms with Crippen LogP contribution in [0.5, 0.6) is 0 Å². The molecule has 0 aromatic carbocycles. The number of aliphatic carboxylic acids is 2. The molecule has 0 aliphatic heterocycles. The highest BCUT2D eigenvalue weighted by molar-refractivity contribution is 6.31. The third kappa shape index (κ3) is 8.19. The third-order valence-corrected chi connectivity index (χ3v) is 11.3. The summed E-state index contributed by atoms with van der Waals surface area (Å²) in [6, 6.07) is 3.63. The number of hydrogen-bond donors (Lipinski definition) is 2. The van der Waals surface area contributed by atoms with Gasteiger partial charge in [-0.05, 0) is 62.5 Å². The molecule has 4 aromatic rings. The van der Waals surface area contributed by atoms with E-state index in [2.05, 4.69) is 29.9 Å². The Morgan fingerprint density at radius 1 is 0.630 bits per heavy atom. The zero-order chi connectivity index (χ0) is 37.9. The number of carbonyl (C=O) groups is 2. The largest absolute Gasteiger partial charge is 0.481 e. The molecule has 4 atom stereocenters. The van der Waals surface area contributed by atoms with E-state index in [1.54, 1.807) is 12.4 Å². The molecule has 2 N–H and O–H groups in total. The zero-order valence-electron chi connectivity index (χ0n) is 29.3. The number of carboxylic acid groups (broad SMARTS) is 2. The highest BCUT2D eigenvalue weighted by Crippen LogP contribution is 2.37. The summed E-state index contributed by atoms with van der Waals surface area (Å²) in [5, 5.41) is 20.0. The van der Waals surface area contributed by atoms with E-state index in [1.165, 1.54) is 12.4 Å². The molecule has 10 nitrogen and oxygen atoms in total. The molecule has 0 unspecified atom stereocenters. The molecule has 8 rings (SSSR count). The van der Waals surface area contributed by atoms with Crippen LogP contribution in [0.2, 0.25) is 10.0 Å². The van der Waals surface area contributed by atoms with Crippen molar-refractivity contribution in [1.82, 2.24) is 29.9 Å². The van der Waals surface area contributed by atoms with E-state index in [4.69, 9.17) is 23.2 Å². The summed E-state index contributed by atoms with van der Waals surface area (Å²) in [6.45, 7) is 0. The Morgan fingerprint density at radius 2 is 1.04 bits per heavy atom. The van der Waals surface area contributed by atoms with E-state index in [0.717, 1.165) is 72.2 Å². The van der Waals surface area contributed by atoms with Crippen molar-refractivity contribution in [3.63, 3.8) is 0 Å². The fourth-order valence-electron chi connectivity index (χ4n) is 8.17. The van der Waals surface area contributed by atoms with Crippen LogP contribution in [-0.4, -0.2) is 52.1 Å². The van der Waals surface area contributed by atoms with Gasteiger partial charge in [-0.1, -0.05) is 61.0 Å². The molecule has 4 aliphatic rings. The zero-order valence-corrected chi connectivity index (χ0v) is 30.8. The first-order valence-corrected chi connectivity index (χ1v) is 19.0. The number of fused-ring (bicyclic) bond motifs is 2. The minimum atomic E-state index is -0.803. The maximum atomic E-state index is 14.4. The van der Waals surface area contributed by atoms with Gasteiger partial charge >= 0.3 is 11.9 Å². The summed E-state index contributed by atoms with van der Waals surface area (Å²) in [5.74, 6) is -2.81. The molecule has 280 valence electrons. The lowest BCUT2D eigenvalue weighted by atomic mass is 9.77. The quantitative estimate of drug-likeness (QED) is 0.179. The molecule has 54 heavy (non-hydrogen) atoms. The summed E-state index contributed by atoms with van der Waals surface area (Å²) in [4.78, 5) is 48.9. The average molecular weight is 776 g/mol. The molecular formula is C40H38Cl2F2N6O4. The van der Waals surface area contributed by atoms with Gasteiger partial charge in [0.15, 0.2) is 23.3 Å². The Labute approximate surface area is 320 Å². The van der Waals surface area contributed by atoms with Crippen LogP contribution in [0.3, 0.4) is 0 Å². The molecule has 4 aliphatic carbocycles. The van der Waals surface area contributed by atoms with Gasteiger partial charge in [-0.25, -0.2) is 28.7 Å². The Kier molecular flexibility index (Phi) is 11.4. The second-order valence-electron chi connectivity index (χ2n) is 14.3. The maximum absolute atomic E-state index is 14.4. The van der Waals surface area contributed by atoms with E-state index < -0.39 is 35.4 Å². The standard InChI is InChI=1S/2C20H19ClFN3O2/c2*21-12-8-15-14(5-6-17(15)23-9-12)19-24-10-16(22)18(25-19)7-11-3-1-2-4-13(11)20(26)27/h2*5,8-11,13H,1-4,6-7H2,(H,26,27)/t2*11-,13-/m10/s1. The lowest BCUT2D eigenvalue weighted by Gasteiger charge is -2.28. The van der Waals surface area contributed by atoms with E-state index in [1.807, 2.05) is 24.3 Å². The lowest BCUT2D eigenvalue weighted by molar-refractivity contribution is -0.145. The maximum Gasteiger partial charge on any atom is 0.306 e. The number of hydrogen-bond acceptors (Lipinski definition) is 8. The predicted molar refractivity (Wildman–Crippen MR) is 198 cm³/mol. The molecule has 0 saturated heterocycles. The van der Waals surface area contributed by atoms with Gasteiger partial charge in [0.05, 0.1) is 57.1 Å².